The number of hydrogen-bond acceptors (Lipinski definition) is 5. The Morgan fingerprint density at radius 1 is 1.08 bits per heavy atom. The zero-order chi connectivity index (χ0) is 26.2. The molecule has 1 fully saturated rings. The summed E-state index contributed by atoms with van der Waals surface area (Å²) in [5, 5.41) is 4.88. The standard InChI is InChI=1S/C28H32FN3O4S/c1-20-13-15-37-26(20)18-31(16-21-5-7-22(29)8-6-21)27(33)19-32(17-25-4-3-14-36-25)28(34)30-23-9-11-24(35-2)12-10-23/h5-13,15,25H,3-4,14,16-19H2,1-2H3,(H,30,34). The van der Waals surface area contributed by atoms with Crippen molar-refractivity contribution in [3.05, 3.63) is 81.8 Å². The molecule has 7 nitrogen and oxygen atoms in total. The monoisotopic (exact) mass is 525 g/mol. The van der Waals surface area contributed by atoms with E-state index in [1.54, 1.807) is 59.7 Å². The number of benzene rings is 2. The van der Waals surface area contributed by atoms with Crippen molar-refractivity contribution in [2.45, 2.75) is 39.0 Å². The van der Waals surface area contributed by atoms with E-state index in [0.717, 1.165) is 28.8 Å². The van der Waals surface area contributed by atoms with Gasteiger partial charge in [0.25, 0.3) is 0 Å². The Morgan fingerprint density at radius 2 is 1.84 bits per heavy atom. The molecule has 1 aliphatic rings. The largest absolute Gasteiger partial charge is 0.497 e. The molecule has 4 rings (SSSR count). The molecular weight excluding hydrogens is 493 g/mol. The molecule has 1 aromatic heterocycles. The number of rotatable bonds is 10. The molecule has 0 aliphatic carbocycles. The average Bonchev–Trinajstić information content (AvgIpc) is 3.56. The Balaban J connectivity index is 1.51. The van der Waals surface area contributed by atoms with E-state index in [1.165, 1.54) is 17.0 Å². The minimum atomic E-state index is -0.372. The Bertz CT molecular complexity index is 1180. The second kappa shape index (κ2) is 12.7. The van der Waals surface area contributed by atoms with Gasteiger partial charge in [-0.3, -0.25) is 4.79 Å². The number of carbonyl (C=O) groups is 2. The van der Waals surface area contributed by atoms with E-state index < -0.39 is 0 Å². The molecule has 1 saturated heterocycles. The van der Waals surface area contributed by atoms with Crippen molar-refractivity contribution < 1.29 is 23.5 Å². The van der Waals surface area contributed by atoms with Gasteiger partial charge in [-0.2, -0.15) is 0 Å². The summed E-state index contributed by atoms with van der Waals surface area (Å²) in [5.41, 5.74) is 2.53. The van der Waals surface area contributed by atoms with E-state index >= 15 is 0 Å². The third-order valence-corrected chi connectivity index (χ3v) is 7.35. The van der Waals surface area contributed by atoms with E-state index in [1.807, 2.05) is 18.4 Å². The van der Waals surface area contributed by atoms with Crippen LogP contribution < -0.4 is 10.1 Å². The summed E-state index contributed by atoms with van der Waals surface area (Å²) in [6, 6.07) is 14.8. The summed E-state index contributed by atoms with van der Waals surface area (Å²) >= 11 is 1.59. The van der Waals surface area contributed by atoms with Gasteiger partial charge in [0.1, 0.15) is 18.1 Å². The number of ether oxygens (including phenoxy) is 2. The van der Waals surface area contributed by atoms with Gasteiger partial charge in [-0.05, 0) is 78.7 Å². The molecule has 3 aromatic rings. The van der Waals surface area contributed by atoms with E-state index in [4.69, 9.17) is 9.47 Å². The van der Waals surface area contributed by atoms with Crippen molar-refractivity contribution in [2.24, 2.45) is 0 Å². The van der Waals surface area contributed by atoms with Crippen molar-refractivity contribution in [3.63, 3.8) is 0 Å². The maximum Gasteiger partial charge on any atom is 0.322 e. The lowest BCUT2D eigenvalue weighted by Crippen LogP contribution is -2.46. The maximum absolute atomic E-state index is 13.7. The zero-order valence-electron chi connectivity index (χ0n) is 21.1. The number of hydrogen-bond donors (Lipinski definition) is 1. The molecule has 2 aromatic carbocycles. The number of carbonyl (C=O) groups excluding carboxylic acids is 2. The van der Waals surface area contributed by atoms with Gasteiger partial charge in [0.2, 0.25) is 5.91 Å². The van der Waals surface area contributed by atoms with E-state index in [9.17, 15) is 14.0 Å². The van der Waals surface area contributed by atoms with Gasteiger partial charge in [0.15, 0.2) is 0 Å². The van der Waals surface area contributed by atoms with Gasteiger partial charge in [-0.15, -0.1) is 11.3 Å². The molecule has 1 aliphatic heterocycles. The van der Waals surface area contributed by atoms with Crippen LogP contribution in [0.15, 0.2) is 60.0 Å². The van der Waals surface area contributed by atoms with Gasteiger partial charge in [0, 0.05) is 30.3 Å². The quantitative estimate of drug-likeness (QED) is 0.382. The minimum absolute atomic E-state index is 0.104. The smallest absolute Gasteiger partial charge is 0.322 e. The van der Waals surface area contributed by atoms with E-state index in [0.29, 0.717) is 37.7 Å². The fraction of sp³-hybridized carbons (Fsp3) is 0.357. The molecule has 0 bridgehead atoms. The summed E-state index contributed by atoms with van der Waals surface area (Å²) in [4.78, 5) is 31.3. The minimum Gasteiger partial charge on any atom is -0.497 e. The SMILES string of the molecule is COc1ccc(NC(=O)N(CC(=O)N(Cc2ccc(F)cc2)Cc2sccc2C)CC2CCCO2)cc1. The maximum atomic E-state index is 13.7. The average molecular weight is 526 g/mol. The van der Waals surface area contributed by atoms with Crippen LogP contribution in [0.5, 0.6) is 5.75 Å². The fourth-order valence-corrected chi connectivity index (χ4v) is 5.10. The Labute approximate surface area is 220 Å². The normalized spacial score (nSPS) is 14.8. The molecule has 37 heavy (non-hydrogen) atoms. The Hall–Kier alpha value is -3.43. The number of thiophene rings is 1. The molecule has 196 valence electrons. The number of urea groups is 1. The number of aryl methyl sites for hydroxylation is 1. The van der Waals surface area contributed by atoms with Crippen LogP contribution in [0.2, 0.25) is 0 Å². The van der Waals surface area contributed by atoms with Crippen LogP contribution in [0.4, 0.5) is 14.9 Å². The highest BCUT2D eigenvalue weighted by Crippen LogP contribution is 2.21. The third-order valence-electron chi connectivity index (χ3n) is 6.34. The number of nitrogens with zero attached hydrogens (tertiary/aromatic N) is 2. The van der Waals surface area contributed by atoms with Crippen LogP contribution >= 0.6 is 11.3 Å². The molecule has 1 unspecified atom stereocenters. The second-order valence-electron chi connectivity index (χ2n) is 9.08. The van der Waals surface area contributed by atoms with Crippen molar-refractivity contribution in [3.8, 4) is 5.75 Å². The molecule has 0 spiro atoms. The summed E-state index contributed by atoms with van der Waals surface area (Å²) in [5.74, 6) is 0.165. The highest BCUT2D eigenvalue weighted by atomic mass is 32.1. The zero-order valence-corrected chi connectivity index (χ0v) is 21.9. The van der Waals surface area contributed by atoms with Crippen molar-refractivity contribution >= 4 is 29.0 Å². The fourth-order valence-electron chi connectivity index (χ4n) is 4.18. The summed E-state index contributed by atoms with van der Waals surface area (Å²) in [6.45, 7) is 3.60. The van der Waals surface area contributed by atoms with Gasteiger partial charge in [-0.25, -0.2) is 9.18 Å². The van der Waals surface area contributed by atoms with Crippen molar-refractivity contribution in [2.75, 3.05) is 32.1 Å². The molecule has 9 heteroatoms. The highest BCUT2D eigenvalue weighted by Gasteiger charge is 2.27. The second-order valence-corrected chi connectivity index (χ2v) is 10.1. The molecule has 0 radical (unpaired) electrons. The third kappa shape index (κ3) is 7.53. The first kappa shape index (κ1) is 26.6. The van der Waals surface area contributed by atoms with E-state index in [-0.39, 0.29) is 30.4 Å². The van der Waals surface area contributed by atoms with Crippen molar-refractivity contribution in [1.82, 2.24) is 9.80 Å². The lowest BCUT2D eigenvalue weighted by molar-refractivity contribution is -0.133. The van der Waals surface area contributed by atoms with Gasteiger partial charge in [0.05, 0.1) is 19.8 Å². The van der Waals surface area contributed by atoms with Crippen LogP contribution in [-0.4, -0.2) is 54.6 Å². The molecule has 1 atom stereocenters. The number of nitrogens with one attached hydrogen (secondary N) is 1. The topological polar surface area (TPSA) is 71.1 Å². The summed E-state index contributed by atoms with van der Waals surface area (Å²) < 4.78 is 24.4. The molecular formula is C28H32FN3O4S. The Morgan fingerprint density at radius 3 is 2.46 bits per heavy atom. The Kier molecular flexibility index (Phi) is 9.14. The predicted octanol–water partition coefficient (Wildman–Crippen LogP) is 5.45. The lowest BCUT2D eigenvalue weighted by atomic mass is 10.2. The van der Waals surface area contributed by atoms with E-state index in [2.05, 4.69) is 5.32 Å². The van der Waals surface area contributed by atoms with Crippen LogP contribution in [-0.2, 0) is 22.6 Å². The van der Waals surface area contributed by atoms with Gasteiger partial charge < -0.3 is 24.6 Å². The number of halogens is 1. The molecule has 0 saturated carbocycles. The van der Waals surface area contributed by atoms with Gasteiger partial charge >= 0.3 is 6.03 Å². The number of amides is 3. The number of methoxy groups -OCH3 is 1. The van der Waals surface area contributed by atoms with Crippen LogP contribution in [0, 0.1) is 12.7 Å². The van der Waals surface area contributed by atoms with Crippen LogP contribution in [0.1, 0.15) is 28.8 Å². The molecule has 1 N–H and O–H groups in total. The first-order valence-electron chi connectivity index (χ1n) is 12.3. The first-order valence-corrected chi connectivity index (χ1v) is 13.2. The van der Waals surface area contributed by atoms with Crippen molar-refractivity contribution in [1.29, 1.82) is 0 Å². The molecule has 3 amide bonds. The van der Waals surface area contributed by atoms with Gasteiger partial charge in [-0.1, -0.05) is 12.1 Å². The first-order chi connectivity index (χ1) is 17.9. The van der Waals surface area contributed by atoms with Crippen LogP contribution in [0.25, 0.3) is 0 Å². The lowest BCUT2D eigenvalue weighted by Gasteiger charge is -2.29. The highest BCUT2D eigenvalue weighted by molar-refractivity contribution is 7.10. The summed E-state index contributed by atoms with van der Waals surface area (Å²) in [7, 11) is 1.58. The van der Waals surface area contributed by atoms with Crippen LogP contribution in [0.3, 0.4) is 0 Å². The predicted molar refractivity (Wildman–Crippen MR) is 142 cm³/mol. The molecule has 2 heterocycles. The summed E-state index contributed by atoms with van der Waals surface area (Å²) in [6.07, 6.45) is 1.66. The number of anilines is 1.